The molecule has 0 unspecified atom stereocenters. The second kappa shape index (κ2) is 4.18. The van der Waals surface area contributed by atoms with E-state index >= 15 is 0 Å². The number of aromatic nitrogens is 1. The number of rotatable bonds is 2. The van der Waals surface area contributed by atoms with Crippen LogP contribution in [0.15, 0.2) is 10.7 Å². The lowest BCUT2D eigenvalue weighted by Crippen LogP contribution is -2.06. The summed E-state index contributed by atoms with van der Waals surface area (Å²) in [4.78, 5) is 13.9. The van der Waals surface area contributed by atoms with Gasteiger partial charge in [-0.2, -0.15) is 0 Å². The fraction of sp³-hybridized carbons (Fsp3) is 0.143. The molecular formula is C7H3BrClF2NO2. The van der Waals surface area contributed by atoms with Crippen LogP contribution in [-0.4, -0.2) is 16.1 Å². The number of aromatic carboxylic acids is 1. The van der Waals surface area contributed by atoms with Crippen molar-refractivity contribution in [3.05, 3.63) is 26.9 Å². The molecule has 0 aromatic carbocycles. The minimum atomic E-state index is -2.98. The molecule has 0 saturated heterocycles. The highest BCUT2D eigenvalue weighted by Crippen LogP contribution is 2.29. The maximum absolute atomic E-state index is 12.3. The molecule has 1 heterocycles. The van der Waals surface area contributed by atoms with Crippen molar-refractivity contribution in [2.75, 3.05) is 0 Å². The van der Waals surface area contributed by atoms with Crippen LogP contribution in [0.5, 0.6) is 0 Å². The number of carboxylic acids is 1. The van der Waals surface area contributed by atoms with Crippen molar-refractivity contribution in [2.24, 2.45) is 0 Å². The smallest absolute Gasteiger partial charge is 0.339 e. The maximum Gasteiger partial charge on any atom is 0.339 e. The van der Waals surface area contributed by atoms with E-state index in [1.54, 1.807) is 0 Å². The highest BCUT2D eigenvalue weighted by molar-refractivity contribution is 9.10. The van der Waals surface area contributed by atoms with E-state index in [9.17, 15) is 13.6 Å². The monoisotopic (exact) mass is 285 g/mol. The fourth-order valence-electron chi connectivity index (χ4n) is 0.872. The van der Waals surface area contributed by atoms with Gasteiger partial charge in [0.25, 0.3) is 6.43 Å². The lowest BCUT2D eigenvalue weighted by atomic mass is 10.2. The number of hydrogen-bond donors (Lipinski definition) is 1. The van der Waals surface area contributed by atoms with Gasteiger partial charge in [0, 0.05) is 0 Å². The van der Waals surface area contributed by atoms with Gasteiger partial charge >= 0.3 is 5.97 Å². The Labute approximate surface area is 90.8 Å². The molecule has 0 aliphatic heterocycles. The molecule has 0 amide bonds. The maximum atomic E-state index is 12.3. The number of hydrogen-bond acceptors (Lipinski definition) is 2. The average molecular weight is 286 g/mol. The molecule has 0 bridgehead atoms. The van der Waals surface area contributed by atoms with E-state index in [1.807, 2.05) is 0 Å². The second-order valence-electron chi connectivity index (χ2n) is 2.29. The molecule has 0 saturated carbocycles. The molecule has 0 aliphatic rings. The molecule has 3 nitrogen and oxygen atoms in total. The summed E-state index contributed by atoms with van der Waals surface area (Å²) < 4.78 is 24.8. The van der Waals surface area contributed by atoms with E-state index in [-0.39, 0.29) is 9.63 Å². The Balaban J connectivity index is 3.44. The first-order chi connectivity index (χ1) is 6.43. The topological polar surface area (TPSA) is 50.2 Å². The van der Waals surface area contributed by atoms with Crippen molar-refractivity contribution < 1.29 is 18.7 Å². The van der Waals surface area contributed by atoms with Gasteiger partial charge in [0.2, 0.25) is 0 Å². The summed E-state index contributed by atoms with van der Waals surface area (Å²) in [6, 6.07) is 1.15. The van der Waals surface area contributed by atoms with Crippen LogP contribution in [0.2, 0.25) is 5.02 Å². The van der Waals surface area contributed by atoms with E-state index in [2.05, 4.69) is 20.9 Å². The molecule has 1 aromatic heterocycles. The van der Waals surface area contributed by atoms with Gasteiger partial charge in [-0.05, 0) is 22.0 Å². The minimum absolute atomic E-state index is 0.0720. The molecular weight excluding hydrogens is 283 g/mol. The molecule has 1 aromatic rings. The van der Waals surface area contributed by atoms with Gasteiger partial charge in [-0.25, -0.2) is 18.6 Å². The van der Waals surface area contributed by atoms with Crippen molar-refractivity contribution in [3.8, 4) is 0 Å². The van der Waals surface area contributed by atoms with Crippen LogP contribution in [0.4, 0.5) is 8.78 Å². The van der Waals surface area contributed by atoms with Gasteiger partial charge in [-0.3, -0.25) is 0 Å². The van der Waals surface area contributed by atoms with Gasteiger partial charge in [0.15, 0.2) is 0 Å². The van der Waals surface area contributed by atoms with Crippen molar-refractivity contribution in [3.63, 3.8) is 0 Å². The summed E-state index contributed by atoms with van der Waals surface area (Å²) in [5.41, 5.74) is -1.50. The zero-order valence-electron chi connectivity index (χ0n) is 6.47. The van der Waals surface area contributed by atoms with E-state index < -0.39 is 23.7 Å². The lowest BCUT2D eigenvalue weighted by Gasteiger charge is -2.06. The van der Waals surface area contributed by atoms with E-state index in [1.165, 1.54) is 0 Å². The minimum Gasteiger partial charge on any atom is -0.478 e. The number of carboxylic acid groups (broad SMARTS) is 1. The summed E-state index contributed by atoms with van der Waals surface area (Å²) in [6.07, 6.45) is -2.98. The molecule has 0 atom stereocenters. The predicted molar refractivity (Wildman–Crippen MR) is 48.9 cm³/mol. The first-order valence-corrected chi connectivity index (χ1v) is 4.48. The van der Waals surface area contributed by atoms with E-state index in [4.69, 9.17) is 16.7 Å². The normalized spacial score (nSPS) is 10.6. The zero-order valence-corrected chi connectivity index (χ0v) is 8.81. The van der Waals surface area contributed by atoms with Gasteiger partial charge < -0.3 is 5.11 Å². The molecule has 0 spiro atoms. The molecule has 0 aliphatic carbocycles. The number of alkyl halides is 2. The molecule has 7 heteroatoms. The third-order valence-corrected chi connectivity index (χ3v) is 2.09. The summed E-state index contributed by atoms with van der Waals surface area (Å²) in [7, 11) is 0. The highest BCUT2D eigenvalue weighted by atomic mass is 79.9. The molecule has 76 valence electrons. The van der Waals surface area contributed by atoms with Crippen LogP contribution >= 0.6 is 27.5 Å². The number of halogens is 4. The third kappa shape index (κ3) is 2.19. The Hall–Kier alpha value is -0.750. The average Bonchev–Trinajstić information content (AvgIpc) is 2.01. The fourth-order valence-corrected chi connectivity index (χ4v) is 1.70. The van der Waals surface area contributed by atoms with E-state index in [0.717, 1.165) is 6.07 Å². The molecule has 1 N–H and O–H groups in total. The van der Waals surface area contributed by atoms with Crippen molar-refractivity contribution in [1.82, 2.24) is 4.98 Å². The van der Waals surface area contributed by atoms with Crippen LogP contribution < -0.4 is 0 Å². The molecule has 14 heavy (non-hydrogen) atoms. The van der Waals surface area contributed by atoms with Gasteiger partial charge in [-0.1, -0.05) is 11.6 Å². The Morgan fingerprint density at radius 3 is 2.64 bits per heavy atom. The predicted octanol–water partition coefficient (Wildman–Crippen LogP) is 3.13. The molecule has 1 rings (SSSR count). The van der Waals surface area contributed by atoms with Crippen molar-refractivity contribution in [1.29, 1.82) is 0 Å². The molecule has 0 radical (unpaired) electrons. The van der Waals surface area contributed by atoms with Crippen molar-refractivity contribution >= 4 is 33.5 Å². The first kappa shape index (κ1) is 11.3. The standard InChI is InChI=1S/C7H3BrClF2NO2/c8-3-1-2(9)4(7(13)14)5(12-3)6(10)11/h1,6H,(H,13,14). The SMILES string of the molecule is O=C(O)c1c(Cl)cc(Br)nc1C(F)F. The summed E-state index contributed by atoms with van der Waals surface area (Å²) >= 11 is 8.33. The number of nitrogens with zero attached hydrogens (tertiary/aromatic N) is 1. The van der Waals surface area contributed by atoms with Gasteiger partial charge in [-0.15, -0.1) is 0 Å². The Kier molecular flexibility index (Phi) is 3.38. The van der Waals surface area contributed by atoms with Crippen LogP contribution in [0.1, 0.15) is 22.5 Å². The van der Waals surface area contributed by atoms with Gasteiger partial charge in [0.05, 0.1) is 5.02 Å². The van der Waals surface area contributed by atoms with Crippen molar-refractivity contribution in [2.45, 2.75) is 6.43 Å². The number of carbonyl (C=O) groups is 1. The summed E-state index contributed by atoms with van der Waals surface area (Å²) in [5, 5.41) is 8.34. The second-order valence-corrected chi connectivity index (χ2v) is 3.51. The number of pyridine rings is 1. The molecule has 0 fully saturated rings. The quantitative estimate of drug-likeness (QED) is 0.850. The first-order valence-electron chi connectivity index (χ1n) is 3.31. The lowest BCUT2D eigenvalue weighted by molar-refractivity contribution is 0.0682. The summed E-state index contributed by atoms with van der Waals surface area (Å²) in [6.45, 7) is 0. The summed E-state index contributed by atoms with van der Waals surface area (Å²) in [5.74, 6) is -1.52. The van der Waals surface area contributed by atoms with Gasteiger partial charge in [0.1, 0.15) is 15.9 Å². The van der Waals surface area contributed by atoms with E-state index in [0.29, 0.717) is 0 Å². The van der Waals surface area contributed by atoms with Crippen LogP contribution in [0.25, 0.3) is 0 Å². The zero-order chi connectivity index (χ0) is 10.9. The third-order valence-electron chi connectivity index (χ3n) is 1.39. The van der Waals surface area contributed by atoms with Crippen LogP contribution in [0.3, 0.4) is 0 Å². The van der Waals surface area contributed by atoms with Crippen LogP contribution in [0, 0.1) is 0 Å². The largest absolute Gasteiger partial charge is 0.478 e. The van der Waals surface area contributed by atoms with Crippen LogP contribution in [-0.2, 0) is 0 Å². The Bertz CT molecular complexity index is 386. The highest BCUT2D eigenvalue weighted by Gasteiger charge is 2.23. The Morgan fingerprint density at radius 2 is 2.21 bits per heavy atom. The Morgan fingerprint density at radius 1 is 1.64 bits per heavy atom.